The summed E-state index contributed by atoms with van der Waals surface area (Å²) >= 11 is 0. The average Bonchev–Trinajstić information content (AvgIpc) is 2.59. The van der Waals surface area contributed by atoms with E-state index in [2.05, 4.69) is 10.3 Å². The predicted molar refractivity (Wildman–Crippen MR) is 56.8 cm³/mol. The lowest BCUT2D eigenvalue weighted by Crippen LogP contribution is -2.10. The molecule has 1 aromatic carbocycles. The lowest BCUT2D eigenvalue weighted by Gasteiger charge is -1.99. The number of oxazole rings is 1. The number of nitrogens with one attached hydrogen (secondary N) is 1. The zero-order valence-corrected chi connectivity index (χ0v) is 8.48. The van der Waals surface area contributed by atoms with Gasteiger partial charge in [-0.2, -0.15) is 0 Å². The van der Waals surface area contributed by atoms with Gasteiger partial charge < -0.3 is 15.5 Å². The molecule has 0 saturated heterocycles. The average molecular weight is 219 g/mol. The molecule has 0 radical (unpaired) electrons. The third-order valence-corrected chi connectivity index (χ3v) is 1.92. The van der Waals surface area contributed by atoms with Gasteiger partial charge in [-0.25, -0.2) is 4.98 Å². The third-order valence-electron chi connectivity index (χ3n) is 1.92. The summed E-state index contributed by atoms with van der Waals surface area (Å²) in [4.78, 5) is 25.5. The first-order valence-electron chi connectivity index (χ1n) is 4.54. The number of hydrogen-bond acceptors (Lipinski definition) is 4. The maximum atomic E-state index is 10.8. The Kier molecular flexibility index (Phi) is 2.32. The second-order valence-electron chi connectivity index (χ2n) is 3.25. The predicted octanol–water partition coefficient (Wildman–Crippen LogP) is 0.885. The minimum absolute atomic E-state index is 0.144. The van der Waals surface area contributed by atoms with Gasteiger partial charge in [0.25, 0.3) is 5.89 Å². The highest BCUT2D eigenvalue weighted by Gasteiger charge is 2.10. The topological polar surface area (TPSA) is 98.2 Å². The van der Waals surface area contributed by atoms with Crippen LogP contribution in [-0.2, 0) is 4.79 Å². The summed E-state index contributed by atoms with van der Waals surface area (Å²) in [6, 6.07) is 4.88. The van der Waals surface area contributed by atoms with Crippen LogP contribution in [0.1, 0.15) is 17.6 Å². The molecule has 1 heterocycles. The van der Waals surface area contributed by atoms with Crippen LogP contribution in [0.15, 0.2) is 22.6 Å². The fraction of sp³-hybridized carbons (Fsp3) is 0.100. The molecule has 2 amide bonds. The molecular formula is C10H9N3O3. The van der Waals surface area contributed by atoms with Crippen LogP contribution in [0.4, 0.5) is 5.69 Å². The van der Waals surface area contributed by atoms with Crippen molar-refractivity contribution in [1.82, 2.24) is 4.98 Å². The van der Waals surface area contributed by atoms with Crippen molar-refractivity contribution in [3.8, 4) is 0 Å². The largest absolute Gasteiger partial charge is 0.432 e. The molecular weight excluding hydrogens is 210 g/mol. The van der Waals surface area contributed by atoms with E-state index in [0.717, 1.165) is 0 Å². The molecule has 6 nitrogen and oxygen atoms in total. The highest BCUT2D eigenvalue weighted by Crippen LogP contribution is 2.19. The Hall–Kier alpha value is -2.37. The van der Waals surface area contributed by atoms with E-state index in [1.165, 1.54) is 6.92 Å². The standard InChI is InChI=1S/C10H9N3O3/c1-5(14)12-6-2-3-7-8(4-6)16-10(13-7)9(11)15/h2-4H,1H3,(H2,11,15)(H,12,14). The lowest BCUT2D eigenvalue weighted by molar-refractivity contribution is -0.114. The summed E-state index contributed by atoms with van der Waals surface area (Å²) < 4.78 is 5.11. The number of hydrogen-bond donors (Lipinski definition) is 2. The summed E-state index contributed by atoms with van der Waals surface area (Å²) in [5.74, 6) is -1.05. The molecule has 82 valence electrons. The first-order valence-corrected chi connectivity index (χ1v) is 4.54. The number of nitrogens with zero attached hydrogens (tertiary/aromatic N) is 1. The molecule has 0 aliphatic heterocycles. The van der Waals surface area contributed by atoms with Gasteiger partial charge in [-0.05, 0) is 12.1 Å². The number of benzene rings is 1. The first-order chi connectivity index (χ1) is 7.56. The number of carbonyl (C=O) groups excluding carboxylic acids is 2. The Morgan fingerprint density at radius 2 is 2.19 bits per heavy atom. The van der Waals surface area contributed by atoms with Crippen LogP contribution in [0.3, 0.4) is 0 Å². The van der Waals surface area contributed by atoms with E-state index in [1.54, 1.807) is 18.2 Å². The molecule has 0 bridgehead atoms. The monoisotopic (exact) mass is 219 g/mol. The van der Waals surface area contributed by atoms with Crippen molar-refractivity contribution in [3.63, 3.8) is 0 Å². The molecule has 0 unspecified atom stereocenters. The second kappa shape index (κ2) is 3.65. The number of fused-ring (bicyclic) bond motifs is 1. The molecule has 16 heavy (non-hydrogen) atoms. The number of primary amides is 1. The van der Waals surface area contributed by atoms with Crippen LogP contribution in [0.5, 0.6) is 0 Å². The highest BCUT2D eigenvalue weighted by molar-refractivity contribution is 5.93. The molecule has 1 aromatic heterocycles. The van der Waals surface area contributed by atoms with Crippen LogP contribution >= 0.6 is 0 Å². The van der Waals surface area contributed by atoms with Gasteiger partial charge in [0.05, 0.1) is 0 Å². The summed E-state index contributed by atoms with van der Waals surface area (Å²) in [6.45, 7) is 1.40. The van der Waals surface area contributed by atoms with Crippen molar-refractivity contribution in [2.45, 2.75) is 6.92 Å². The lowest BCUT2D eigenvalue weighted by atomic mass is 10.3. The van der Waals surface area contributed by atoms with Gasteiger partial charge in [0.1, 0.15) is 5.52 Å². The molecule has 2 aromatic rings. The van der Waals surface area contributed by atoms with E-state index in [-0.39, 0.29) is 11.8 Å². The van der Waals surface area contributed by atoms with Crippen molar-refractivity contribution in [2.75, 3.05) is 5.32 Å². The zero-order chi connectivity index (χ0) is 11.7. The maximum absolute atomic E-state index is 10.8. The highest BCUT2D eigenvalue weighted by atomic mass is 16.4. The number of amides is 2. The molecule has 0 aliphatic carbocycles. The van der Waals surface area contributed by atoms with Gasteiger partial charge in [0.2, 0.25) is 5.91 Å². The van der Waals surface area contributed by atoms with Gasteiger partial charge in [-0.3, -0.25) is 9.59 Å². The summed E-state index contributed by atoms with van der Waals surface area (Å²) in [5, 5.41) is 2.59. The van der Waals surface area contributed by atoms with Crippen LogP contribution in [0, 0.1) is 0 Å². The van der Waals surface area contributed by atoms with Crippen LogP contribution in [-0.4, -0.2) is 16.8 Å². The number of aromatic nitrogens is 1. The third kappa shape index (κ3) is 1.85. The van der Waals surface area contributed by atoms with E-state index in [1.807, 2.05) is 0 Å². The van der Waals surface area contributed by atoms with Gasteiger partial charge in [0, 0.05) is 18.7 Å². The number of rotatable bonds is 2. The molecule has 2 rings (SSSR count). The summed E-state index contributed by atoms with van der Waals surface area (Å²) in [5.41, 5.74) is 6.53. The SMILES string of the molecule is CC(=O)Nc1ccc2nc(C(N)=O)oc2c1. The Bertz CT molecular complexity index is 574. The van der Waals surface area contributed by atoms with Gasteiger partial charge >= 0.3 is 5.91 Å². The van der Waals surface area contributed by atoms with E-state index in [9.17, 15) is 9.59 Å². The molecule has 0 aliphatic rings. The van der Waals surface area contributed by atoms with Crippen molar-refractivity contribution < 1.29 is 14.0 Å². The van der Waals surface area contributed by atoms with Crippen molar-refractivity contribution in [1.29, 1.82) is 0 Å². The number of nitrogens with two attached hydrogens (primary N) is 1. The molecule has 0 saturated carbocycles. The van der Waals surface area contributed by atoms with Gasteiger partial charge in [-0.1, -0.05) is 0 Å². The van der Waals surface area contributed by atoms with Gasteiger partial charge in [-0.15, -0.1) is 0 Å². The quantitative estimate of drug-likeness (QED) is 0.783. The molecule has 0 fully saturated rings. The Labute approximate surface area is 90.4 Å². The fourth-order valence-corrected chi connectivity index (χ4v) is 1.31. The van der Waals surface area contributed by atoms with E-state index < -0.39 is 5.91 Å². The van der Waals surface area contributed by atoms with Crippen molar-refractivity contribution in [3.05, 3.63) is 24.1 Å². The van der Waals surface area contributed by atoms with Crippen LogP contribution in [0.25, 0.3) is 11.1 Å². The fourth-order valence-electron chi connectivity index (χ4n) is 1.31. The van der Waals surface area contributed by atoms with Crippen molar-refractivity contribution in [2.24, 2.45) is 5.73 Å². The Morgan fingerprint density at radius 3 is 2.81 bits per heavy atom. The summed E-state index contributed by atoms with van der Waals surface area (Å²) in [6.07, 6.45) is 0. The minimum atomic E-state index is -0.725. The molecule has 0 atom stereocenters. The number of anilines is 1. The van der Waals surface area contributed by atoms with E-state index >= 15 is 0 Å². The number of carbonyl (C=O) groups is 2. The van der Waals surface area contributed by atoms with Crippen LogP contribution in [0.2, 0.25) is 0 Å². The Balaban J connectivity index is 2.45. The first kappa shape index (κ1) is 10.2. The molecule has 3 N–H and O–H groups in total. The summed E-state index contributed by atoms with van der Waals surface area (Å²) in [7, 11) is 0. The van der Waals surface area contributed by atoms with E-state index in [4.69, 9.17) is 10.2 Å². The minimum Gasteiger partial charge on any atom is -0.432 e. The van der Waals surface area contributed by atoms with Crippen molar-refractivity contribution >= 4 is 28.6 Å². The van der Waals surface area contributed by atoms with E-state index in [0.29, 0.717) is 16.8 Å². The smallest absolute Gasteiger partial charge is 0.304 e. The maximum Gasteiger partial charge on any atom is 0.304 e. The van der Waals surface area contributed by atoms with Gasteiger partial charge in [0.15, 0.2) is 5.58 Å². The second-order valence-corrected chi connectivity index (χ2v) is 3.25. The molecule has 6 heteroatoms. The normalized spacial score (nSPS) is 10.3. The Morgan fingerprint density at radius 1 is 1.44 bits per heavy atom. The van der Waals surface area contributed by atoms with Crippen LogP contribution < -0.4 is 11.1 Å². The molecule has 0 spiro atoms. The zero-order valence-electron chi connectivity index (χ0n) is 8.48.